The van der Waals surface area contributed by atoms with Crippen molar-refractivity contribution in [3.8, 4) is 0 Å². The Labute approximate surface area is 166 Å². The zero-order valence-electron chi connectivity index (χ0n) is 16.7. The molecule has 0 aliphatic carbocycles. The van der Waals surface area contributed by atoms with Crippen molar-refractivity contribution in [2.24, 2.45) is 5.73 Å². The number of benzene rings is 2. The quantitative estimate of drug-likeness (QED) is 0.810. The highest BCUT2D eigenvalue weighted by Crippen LogP contribution is 2.28. The zero-order valence-corrected chi connectivity index (χ0v) is 16.7. The first kappa shape index (κ1) is 20.1. The van der Waals surface area contributed by atoms with Gasteiger partial charge in [0.25, 0.3) is 5.91 Å². The van der Waals surface area contributed by atoms with Gasteiger partial charge in [-0.25, -0.2) is 0 Å². The van der Waals surface area contributed by atoms with Gasteiger partial charge in [0.1, 0.15) is 0 Å². The molecule has 1 aliphatic heterocycles. The van der Waals surface area contributed by atoms with Crippen molar-refractivity contribution < 1.29 is 9.59 Å². The first-order chi connectivity index (χ1) is 13.5. The predicted molar refractivity (Wildman–Crippen MR) is 111 cm³/mol. The monoisotopic (exact) mass is 379 g/mol. The molecular weight excluding hydrogens is 350 g/mol. The topological polar surface area (TPSA) is 75.4 Å². The van der Waals surface area contributed by atoms with Crippen LogP contribution in [0.2, 0.25) is 0 Å². The van der Waals surface area contributed by atoms with Crippen LogP contribution in [0.1, 0.15) is 58.3 Å². The zero-order chi connectivity index (χ0) is 20.1. The number of nitrogens with two attached hydrogens (primary N) is 1. The molecule has 1 atom stereocenters. The molecule has 1 saturated heterocycles. The average Bonchev–Trinajstić information content (AvgIpc) is 3.23. The number of likely N-dealkylation sites (N-methyl/N-ethyl adjacent to an activating group) is 1. The Hall–Kier alpha value is -2.66. The molecule has 3 N–H and O–H groups in total. The molecule has 1 fully saturated rings. The fraction of sp³-hybridized carbons (Fsp3) is 0.391. The maximum atomic E-state index is 12.9. The lowest BCUT2D eigenvalue weighted by Crippen LogP contribution is -2.30. The van der Waals surface area contributed by atoms with Gasteiger partial charge in [0.05, 0.1) is 5.92 Å². The first-order valence-corrected chi connectivity index (χ1v) is 10.0. The molecule has 0 radical (unpaired) electrons. The standard InChI is InChI=1S/C23H29N3O2/c1-3-25-22(27)21(18-8-6-7-17(14-18)15-24)19-9-10-20(16(2)13-19)23(28)26-11-4-5-12-26/h6-10,13-14,21H,3-5,11-12,15,24H2,1-2H3,(H,25,27). The minimum Gasteiger partial charge on any atom is -0.356 e. The van der Waals surface area contributed by atoms with Crippen LogP contribution in [-0.2, 0) is 11.3 Å². The molecule has 1 unspecified atom stereocenters. The molecule has 0 aromatic heterocycles. The van der Waals surface area contributed by atoms with Crippen molar-refractivity contribution in [3.05, 3.63) is 70.3 Å². The highest BCUT2D eigenvalue weighted by atomic mass is 16.2. The van der Waals surface area contributed by atoms with E-state index in [0.29, 0.717) is 13.1 Å². The smallest absolute Gasteiger partial charge is 0.254 e. The van der Waals surface area contributed by atoms with Gasteiger partial charge in [0.2, 0.25) is 5.91 Å². The number of rotatable bonds is 6. The average molecular weight is 380 g/mol. The Morgan fingerprint density at radius 2 is 1.82 bits per heavy atom. The van der Waals surface area contributed by atoms with Gasteiger partial charge < -0.3 is 16.0 Å². The van der Waals surface area contributed by atoms with Crippen molar-refractivity contribution >= 4 is 11.8 Å². The van der Waals surface area contributed by atoms with Gasteiger partial charge in [-0.2, -0.15) is 0 Å². The molecule has 1 aliphatic rings. The van der Waals surface area contributed by atoms with E-state index in [2.05, 4.69) is 5.32 Å². The summed E-state index contributed by atoms with van der Waals surface area (Å²) in [6.45, 7) is 6.50. The fourth-order valence-corrected chi connectivity index (χ4v) is 3.87. The number of carbonyl (C=O) groups excluding carboxylic acids is 2. The maximum absolute atomic E-state index is 12.9. The summed E-state index contributed by atoms with van der Waals surface area (Å²) >= 11 is 0. The van der Waals surface area contributed by atoms with Crippen LogP contribution >= 0.6 is 0 Å². The Balaban J connectivity index is 1.96. The second kappa shape index (κ2) is 9.02. The number of carbonyl (C=O) groups is 2. The summed E-state index contributed by atoms with van der Waals surface area (Å²) in [6.07, 6.45) is 2.14. The molecule has 5 nitrogen and oxygen atoms in total. The summed E-state index contributed by atoms with van der Waals surface area (Å²) < 4.78 is 0. The molecular formula is C23H29N3O2. The molecule has 5 heteroatoms. The van der Waals surface area contributed by atoms with Crippen molar-refractivity contribution in [2.75, 3.05) is 19.6 Å². The SMILES string of the molecule is CCNC(=O)C(c1cccc(CN)c1)c1ccc(C(=O)N2CCCC2)c(C)c1. The summed E-state index contributed by atoms with van der Waals surface area (Å²) in [7, 11) is 0. The van der Waals surface area contributed by atoms with Gasteiger partial charge in [-0.15, -0.1) is 0 Å². The number of aryl methyl sites for hydroxylation is 1. The summed E-state index contributed by atoms with van der Waals surface area (Å²) in [5.41, 5.74) is 10.2. The van der Waals surface area contributed by atoms with Crippen molar-refractivity contribution in [2.45, 2.75) is 39.2 Å². The van der Waals surface area contributed by atoms with Crippen LogP contribution in [0.25, 0.3) is 0 Å². The van der Waals surface area contributed by atoms with E-state index in [1.54, 1.807) is 0 Å². The van der Waals surface area contributed by atoms with Gasteiger partial charge in [-0.05, 0) is 55.0 Å². The normalized spacial score (nSPS) is 14.8. The predicted octanol–water partition coefficient (Wildman–Crippen LogP) is 2.96. The van der Waals surface area contributed by atoms with Crippen LogP contribution < -0.4 is 11.1 Å². The Kier molecular flexibility index (Phi) is 6.47. The minimum atomic E-state index is -0.430. The van der Waals surface area contributed by atoms with Crippen LogP contribution in [0.4, 0.5) is 0 Å². The Bertz CT molecular complexity index is 857. The summed E-state index contributed by atoms with van der Waals surface area (Å²) in [4.78, 5) is 27.5. The number of hydrogen-bond acceptors (Lipinski definition) is 3. The molecule has 3 rings (SSSR count). The third-order valence-corrected chi connectivity index (χ3v) is 5.34. The lowest BCUT2D eigenvalue weighted by Gasteiger charge is -2.21. The number of nitrogens with zero attached hydrogens (tertiary/aromatic N) is 1. The van der Waals surface area contributed by atoms with Crippen molar-refractivity contribution in [3.63, 3.8) is 0 Å². The van der Waals surface area contributed by atoms with Crippen LogP contribution in [0.3, 0.4) is 0 Å². The fourth-order valence-electron chi connectivity index (χ4n) is 3.87. The third-order valence-electron chi connectivity index (χ3n) is 5.34. The van der Waals surface area contributed by atoms with Crippen LogP contribution in [0.5, 0.6) is 0 Å². The molecule has 0 bridgehead atoms. The lowest BCUT2D eigenvalue weighted by molar-refractivity contribution is -0.121. The number of nitrogens with one attached hydrogen (secondary N) is 1. The summed E-state index contributed by atoms with van der Waals surface area (Å²) in [5.74, 6) is -0.392. The molecule has 0 saturated carbocycles. The van der Waals surface area contributed by atoms with Gasteiger partial charge >= 0.3 is 0 Å². The van der Waals surface area contributed by atoms with E-state index >= 15 is 0 Å². The highest BCUT2D eigenvalue weighted by molar-refractivity contribution is 5.96. The largest absolute Gasteiger partial charge is 0.356 e. The van der Waals surface area contributed by atoms with Gasteiger partial charge in [0, 0.05) is 31.7 Å². The van der Waals surface area contributed by atoms with E-state index in [9.17, 15) is 9.59 Å². The van der Waals surface area contributed by atoms with E-state index in [1.807, 2.05) is 61.2 Å². The maximum Gasteiger partial charge on any atom is 0.254 e. The van der Waals surface area contributed by atoms with Gasteiger partial charge in [0.15, 0.2) is 0 Å². The third kappa shape index (κ3) is 4.25. The summed E-state index contributed by atoms with van der Waals surface area (Å²) in [5, 5.41) is 2.94. The van der Waals surface area contributed by atoms with Gasteiger partial charge in [-0.1, -0.05) is 36.4 Å². The molecule has 0 spiro atoms. The molecule has 2 aromatic carbocycles. The van der Waals surface area contributed by atoms with Crippen LogP contribution in [-0.4, -0.2) is 36.3 Å². The van der Waals surface area contributed by atoms with E-state index in [-0.39, 0.29) is 11.8 Å². The number of hydrogen-bond donors (Lipinski definition) is 2. The van der Waals surface area contributed by atoms with E-state index in [4.69, 9.17) is 5.73 Å². The van der Waals surface area contributed by atoms with Gasteiger partial charge in [-0.3, -0.25) is 9.59 Å². The van der Waals surface area contributed by atoms with Crippen LogP contribution in [0.15, 0.2) is 42.5 Å². The molecule has 2 aromatic rings. The van der Waals surface area contributed by atoms with E-state index < -0.39 is 5.92 Å². The second-order valence-electron chi connectivity index (χ2n) is 7.35. The molecule has 148 valence electrons. The number of amides is 2. The number of likely N-dealkylation sites (tertiary alicyclic amines) is 1. The minimum absolute atomic E-state index is 0.0466. The Morgan fingerprint density at radius 1 is 1.11 bits per heavy atom. The lowest BCUT2D eigenvalue weighted by atomic mass is 9.87. The van der Waals surface area contributed by atoms with E-state index in [1.165, 1.54) is 0 Å². The first-order valence-electron chi connectivity index (χ1n) is 10.0. The summed E-state index contributed by atoms with van der Waals surface area (Å²) in [6, 6.07) is 13.6. The Morgan fingerprint density at radius 3 is 2.46 bits per heavy atom. The molecule has 1 heterocycles. The van der Waals surface area contributed by atoms with Crippen molar-refractivity contribution in [1.82, 2.24) is 10.2 Å². The molecule has 28 heavy (non-hydrogen) atoms. The van der Waals surface area contributed by atoms with Crippen molar-refractivity contribution in [1.29, 1.82) is 0 Å². The van der Waals surface area contributed by atoms with E-state index in [0.717, 1.165) is 53.7 Å². The second-order valence-corrected chi connectivity index (χ2v) is 7.35. The highest BCUT2D eigenvalue weighted by Gasteiger charge is 2.25. The van der Waals surface area contributed by atoms with Crippen LogP contribution in [0, 0.1) is 6.92 Å². The molecule has 2 amide bonds.